The van der Waals surface area contributed by atoms with Gasteiger partial charge in [-0.1, -0.05) is 29.8 Å². The fraction of sp³-hybridized carbons (Fsp3) is 0.304. The van der Waals surface area contributed by atoms with Crippen LogP contribution in [0.15, 0.2) is 48.7 Å². The average molecular weight is 410 g/mol. The van der Waals surface area contributed by atoms with Crippen LogP contribution in [-0.4, -0.2) is 36.0 Å². The molecule has 1 aliphatic rings. The highest BCUT2D eigenvalue weighted by Gasteiger charge is 2.23. The first-order chi connectivity index (χ1) is 14.2. The summed E-state index contributed by atoms with van der Waals surface area (Å²) in [5.41, 5.74) is 3.15. The minimum atomic E-state index is 0.0154. The van der Waals surface area contributed by atoms with Gasteiger partial charge in [-0.25, -0.2) is 0 Å². The summed E-state index contributed by atoms with van der Waals surface area (Å²) < 4.78 is 5.46. The van der Waals surface area contributed by atoms with Crippen LogP contribution in [0.4, 0.5) is 5.69 Å². The summed E-state index contributed by atoms with van der Waals surface area (Å²) in [7, 11) is 1.66. The Hall–Kier alpha value is -2.79. The van der Waals surface area contributed by atoms with E-state index >= 15 is 0 Å². The van der Waals surface area contributed by atoms with Crippen molar-refractivity contribution >= 4 is 34.1 Å². The van der Waals surface area contributed by atoms with Crippen LogP contribution in [0.25, 0.3) is 10.9 Å². The van der Waals surface area contributed by atoms with E-state index in [9.17, 15) is 4.79 Å². The lowest BCUT2D eigenvalue weighted by molar-refractivity contribution is 0.0725. The fourth-order valence-corrected chi connectivity index (χ4v) is 3.99. The Morgan fingerprint density at radius 2 is 1.97 bits per heavy atom. The number of carbonyl (C=O) groups excluding carboxylic acids is 1. The molecule has 0 saturated carbocycles. The first-order valence-corrected chi connectivity index (χ1v) is 10.3. The zero-order valence-electron chi connectivity index (χ0n) is 16.5. The normalized spacial score (nSPS) is 14.1. The number of anilines is 1. The maximum absolute atomic E-state index is 13.3. The number of para-hydroxylation sites is 1. The Kier molecular flexibility index (Phi) is 5.86. The van der Waals surface area contributed by atoms with E-state index < -0.39 is 0 Å². The number of pyridine rings is 1. The van der Waals surface area contributed by atoms with Crippen molar-refractivity contribution in [3.63, 3.8) is 0 Å². The molecule has 1 amide bonds. The summed E-state index contributed by atoms with van der Waals surface area (Å²) in [5.74, 6) is 0.821. The number of likely N-dealkylation sites (tertiary alicyclic amines) is 1. The molecule has 1 fully saturated rings. The topological polar surface area (TPSA) is 54.5 Å². The van der Waals surface area contributed by atoms with Crippen LogP contribution in [0.3, 0.4) is 0 Å². The van der Waals surface area contributed by atoms with Crippen molar-refractivity contribution in [1.82, 2.24) is 9.88 Å². The Morgan fingerprint density at radius 1 is 1.17 bits per heavy atom. The SMILES string of the molecule is COc1ccccc1CNc1c(C(=O)N2CCCCC2)cnc2ccc(Cl)cc12. The number of carbonyl (C=O) groups is 1. The van der Waals surface area contributed by atoms with Crippen LogP contribution in [-0.2, 0) is 6.54 Å². The van der Waals surface area contributed by atoms with Crippen LogP contribution < -0.4 is 10.1 Å². The van der Waals surface area contributed by atoms with Gasteiger partial charge in [0.2, 0.25) is 0 Å². The average Bonchev–Trinajstić information content (AvgIpc) is 2.77. The van der Waals surface area contributed by atoms with E-state index in [4.69, 9.17) is 16.3 Å². The number of nitrogens with zero attached hydrogens (tertiary/aromatic N) is 2. The third-order valence-corrected chi connectivity index (χ3v) is 5.59. The molecule has 0 bridgehead atoms. The maximum Gasteiger partial charge on any atom is 0.257 e. The highest BCUT2D eigenvalue weighted by atomic mass is 35.5. The number of hydrogen-bond donors (Lipinski definition) is 1. The number of hydrogen-bond acceptors (Lipinski definition) is 4. The first kappa shape index (κ1) is 19.5. The Labute approximate surface area is 175 Å². The molecule has 150 valence electrons. The largest absolute Gasteiger partial charge is 0.496 e. The van der Waals surface area contributed by atoms with Crippen molar-refractivity contribution in [2.45, 2.75) is 25.8 Å². The van der Waals surface area contributed by atoms with Gasteiger partial charge < -0.3 is 15.0 Å². The monoisotopic (exact) mass is 409 g/mol. The Bertz CT molecular complexity index is 1030. The number of aromatic nitrogens is 1. The van der Waals surface area contributed by atoms with E-state index in [2.05, 4.69) is 10.3 Å². The maximum atomic E-state index is 13.3. The van der Waals surface area contributed by atoms with Crippen molar-refractivity contribution in [3.8, 4) is 5.75 Å². The second-order valence-corrected chi connectivity index (χ2v) is 7.66. The lowest BCUT2D eigenvalue weighted by Crippen LogP contribution is -2.36. The summed E-state index contributed by atoms with van der Waals surface area (Å²) in [6, 6.07) is 13.4. The van der Waals surface area contributed by atoms with Crippen molar-refractivity contribution in [1.29, 1.82) is 0 Å². The quantitative estimate of drug-likeness (QED) is 0.634. The molecule has 0 spiro atoms. The van der Waals surface area contributed by atoms with Crippen LogP contribution >= 0.6 is 11.6 Å². The molecule has 0 aliphatic carbocycles. The van der Waals surface area contributed by atoms with Gasteiger partial charge in [-0.2, -0.15) is 0 Å². The van der Waals surface area contributed by atoms with E-state index in [1.165, 1.54) is 6.42 Å². The number of amides is 1. The van der Waals surface area contributed by atoms with Gasteiger partial charge in [-0.3, -0.25) is 9.78 Å². The van der Waals surface area contributed by atoms with Gasteiger partial charge in [0.25, 0.3) is 5.91 Å². The summed E-state index contributed by atoms with van der Waals surface area (Å²) in [5, 5.41) is 4.92. The van der Waals surface area contributed by atoms with Crippen molar-refractivity contribution in [3.05, 3.63) is 64.8 Å². The highest BCUT2D eigenvalue weighted by molar-refractivity contribution is 6.31. The Morgan fingerprint density at radius 3 is 2.76 bits per heavy atom. The molecule has 1 N–H and O–H groups in total. The van der Waals surface area contributed by atoms with Crippen LogP contribution in [0.1, 0.15) is 35.2 Å². The minimum Gasteiger partial charge on any atom is -0.496 e. The van der Waals surface area contributed by atoms with Crippen molar-refractivity contribution < 1.29 is 9.53 Å². The minimum absolute atomic E-state index is 0.0154. The van der Waals surface area contributed by atoms with Gasteiger partial charge in [-0.15, -0.1) is 0 Å². The molecule has 1 saturated heterocycles. The molecule has 29 heavy (non-hydrogen) atoms. The predicted octanol–water partition coefficient (Wildman–Crippen LogP) is 5.14. The summed E-state index contributed by atoms with van der Waals surface area (Å²) in [6.45, 7) is 2.10. The molecule has 0 atom stereocenters. The number of benzene rings is 2. The standard InChI is InChI=1S/C23H24ClN3O2/c1-29-21-8-4-3-7-16(21)14-26-22-18-13-17(24)9-10-20(18)25-15-19(22)23(28)27-11-5-2-6-12-27/h3-4,7-10,13,15H,2,5-6,11-12,14H2,1H3,(H,25,26). The van der Waals surface area contributed by atoms with Crippen LogP contribution in [0.2, 0.25) is 5.02 Å². The zero-order valence-corrected chi connectivity index (χ0v) is 17.2. The number of halogens is 1. The molecule has 5 nitrogen and oxygen atoms in total. The van der Waals surface area contributed by atoms with Crippen LogP contribution in [0, 0.1) is 0 Å². The van der Waals surface area contributed by atoms with Gasteiger partial charge >= 0.3 is 0 Å². The van der Waals surface area contributed by atoms with Crippen molar-refractivity contribution in [2.75, 3.05) is 25.5 Å². The molecular formula is C23H24ClN3O2. The van der Waals surface area contributed by atoms with E-state index in [0.29, 0.717) is 17.1 Å². The molecule has 0 radical (unpaired) electrons. The fourth-order valence-electron chi connectivity index (χ4n) is 3.82. The Balaban J connectivity index is 1.74. The second-order valence-electron chi connectivity index (χ2n) is 7.23. The molecule has 3 aromatic rings. The third-order valence-electron chi connectivity index (χ3n) is 5.35. The predicted molar refractivity (Wildman–Crippen MR) is 117 cm³/mol. The number of rotatable bonds is 5. The van der Waals surface area contributed by atoms with Gasteiger partial charge in [0.05, 0.1) is 23.9 Å². The lowest BCUT2D eigenvalue weighted by Gasteiger charge is -2.28. The molecular weight excluding hydrogens is 386 g/mol. The second kappa shape index (κ2) is 8.70. The molecule has 0 unspecified atom stereocenters. The van der Waals surface area contributed by atoms with Crippen molar-refractivity contribution in [2.24, 2.45) is 0 Å². The van der Waals surface area contributed by atoms with Gasteiger partial charge in [-0.05, 0) is 43.5 Å². The van der Waals surface area contributed by atoms with Gasteiger partial charge in [0.1, 0.15) is 5.75 Å². The molecule has 1 aliphatic heterocycles. The summed E-state index contributed by atoms with van der Waals surface area (Å²) in [4.78, 5) is 19.7. The number of ether oxygens (including phenoxy) is 1. The smallest absolute Gasteiger partial charge is 0.257 e. The van der Waals surface area contributed by atoms with Gasteiger partial charge in [0.15, 0.2) is 0 Å². The molecule has 2 heterocycles. The first-order valence-electron chi connectivity index (χ1n) is 9.90. The molecule has 2 aromatic carbocycles. The highest BCUT2D eigenvalue weighted by Crippen LogP contribution is 2.31. The molecule has 6 heteroatoms. The summed E-state index contributed by atoms with van der Waals surface area (Å²) >= 11 is 6.27. The zero-order chi connectivity index (χ0) is 20.2. The summed E-state index contributed by atoms with van der Waals surface area (Å²) in [6.07, 6.45) is 4.94. The van der Waals surface area contributed by atoms with E-state index in [-0.39, 0.29) is 5.91 Å². The molecule has 1 aromatic heterocycles. The lowest BCUT2D eigenvalue weighted by atomic mass is 10.1. The molecule has 4 rings (SSSR count). The van der Waals surface area contributed by atoms with E-state index in [1.54, 1.807) is 13.3 Å². The van der Waals surface area contributed by atoms with Crippen LogP contribution in [0.5, 0.6) is 5.75 Å². The van der Waals surface area contributed by atoms with E-state index in [0.717, 1.165) is 53.8 Å². The van der Waals surface area contributed by atoms with E-state index in [1.807, 2.05) is 47.4 Å². The number of nitrogens with one attached hydrogen (secondary N) is 1. The number of methoxy groups -OCH3 is 1. The van der Waals surface area contributed by atoms with Gasteiger partial charge in [0, 0.05) is 41.8 Å². The number of fused-ring (bicyclic) bond motifs is 1. The third kappa shape index (κ3) is 4.15. The number of piperidine rings is 1.